The smallest absolute Gasteiger partial charge is 0.396 e. The van der Waals surface area contributed by atoms with Crippen LogP contribution in [0, 0.1) is 0 Å². The highest BCUT2D eigenvalue weighted by atomic mass is 35.5. The molecule has 22 heavy (non-hydrogen) atoms. The molecule has 0 saturated carbocycles. The Morgan fingerprint density at radius 1 is 0.909 bits per heavy atom. The largest absolute Gasteiger partial charge is 0.457 e. The van der Waals surface area contributed by atoms with Crippen LogP contribution in [0.4, 0.5) is 0 Å². The zero-order valence-corrected chi connectivity index (χ0v) is 12.1. The number of ether oxygens (including phenoxy) is 2. The molecule has 0 aliphatic rings. The van der Waals surface area contributed by atoms with Gasteiger partial charge in [0, 0.05) is 0 Å². The third kappa shape index (κ3) is 4.43. The van der Waals surface area contributed by atoms with Crippen molar-refractivity contribution in [3.8, 4) is 5.75 Å². The topological polar surface area (TPSA) is 69.7 Å². The van der Waals surface area contributed by atoms with Gasteiger partial charge in [0.05, 0.1) is 5.56 Å². The lowest BCUT2D eigenvalue weighted by Gasteiger charge is -2.06. The summed E-state index contributed by atoms with van der Waals surface area (Å²) in [5.74, 6) is -1.57. The average Bonchev–Trinajstić information content (AvgIpc) is 2.54. The number of esters is 2. The second-order valence-electron chi connectivity index (χ2n) is 4.25. The molecule has 2 rings (SSSR count). The summed E-state index contributed by atoms with van der Waals surface area (Å²) in [5.41, 5.74) is 1.18. The van der Waals surface area contributed by atoms with E-state index in [1.807, 2.05) is 30.3 Å². The lowest BCUT2D eigenvalue weighted by atomic mass is 10.2. The van der Waals surface area contributed by atoms with Crippen LogP contribution in [0.25, 0.3) is 0 Å². The van der Waals surface area contributed by atoms with Gasteiger partial charge >= 0.3 is 17.2 Å². The second-order valence-corrected chi connectivity index (χ2v) is 4.59. The summed E-state index contributed by atoms with van der Waals surface area (Å²) in [6, 6.07) is 14.9. The molecule has 6 heteroatoms. The van der Waals surface area contributed by atoms with Crippen molar-refractivity contribution in [1.82, 2.24) is 0 Å². The lowest BCUT2D eigenvalue weighted by Crippen LogP contribution is -2.15. The van der Waals surface area contributed by atoms with Crippen LogP contribution in [0.3, 0.4) is 0 Å². The molecule has 0 atom stereocenters. The molecule has 0 aliphatic heterocycles. The molecule has 0 unspecified atom stereocenters. The van der Waals surface area contributed by atoms with Crippen LogP contribution < -0.4 is 4.74 Å². The van der Waals surface area contributed by atoms with Crippen molar-refractivity contribution in [2.45, 2.75) is 6.61 Å². The Morgan fingerprint density at radius 2 is 1.55 bits per heavy atom. The molecule has 0 N–H and O–H groups in total. The number of carbonyl (C=O) groups is 3. The SMILES string of the molecule is O=C(Cl)C(=O)Oc1ccc(C(=O)OCc2ccccc2)cc1. The summed E-state index contributed by atoms with van der Waals surface area (Å²) in [6.07, 6.45) is 0. The predicted octanol–water partition coefficient (Wildman–Crippen LogP) is 2.71. The van der Waals surface area contributed by atoms with Crippen molar-refractivity contribution in [3.63, 3.8) is 0 Å². The van der Waals surface area contributed by atoms with Gasteiger partial charge in [0.1, 0.15) is 12.4 Å². The summed E-state index contributed by atoms with van der Waals surface area (Å²) in [5, 5.41) is -1.22. The minimum atomic E-state index is -1.22. The summed E-state index contributed by atoms with van der Waals surface area (Å²) >= 11 is 4.97. The van der Waals surface area contributed by atoms with E-state index in [0.29, 0.717) is 5.56 Å². The van der Waals surface area contributed by atoms with Gasteiger partial charge in [-0.2, -0.15) is 0 Å². The van der Waals surface area contributed by atoms with Gasteiger partial charge in [0.2, 0.25) is 0 Å². The maximum atomic E-state index is 11.9. The first-order valence-corrected chi connectivity index (χ1v) is 6.67. The van der Waals surface area contributed by atoms with Crippen molar-refractivity contribution in [2.24, 2.45) is 0 Å². The van der Waals surface area contributed by atoms with Crippen LogP contribution in [0.2, 0.25) is 0 Å². The van der Waals surface area contributed by atoms with Gasteiger partial charge in [-0.05, 0) is 41.4 Å². The number of hydrogen-bond donors (Lipinski definition) is 0. The molecule has 0 heterocycles. The summed E-state index contributed by atoms with van der Waals surface area (Å²) in [4.78, 5) is 33.4. The minimum Gasteiger partial charge on any atom is -0.457 e. The quantitative estimate of drug-likeness (QED) is 0.367. The lowest BCUT2D eigenvalue weighted by molar-refractivity contribution is -0.143. The molecule has 2 aromatic carbocycles. The summed E-state index contributed by atoms with van der Waals surface area (Å²) < 4.78 is 9.82. The van der Waals surface area contributed by atoms with E-state index in [4.69, 9.17) is 16.3 Å². The third-order valence-corrected chi connectivity index (χ3v) is 2.83. The molecule has 0 radical (unpaired) electrons. The maximum Gasteiger partial charge on any atom is 0.396 e. The van der Waals surface area contributed by atoms with Crippen molar-refractivity contribution in [2.75, 3.05) is 0 Å². The maximum absolute atomic E-state index is 11.9. The average molecular weight is 319 g/mol. The molecule has 0 amide bonds. The molecule has 0 aromatic heterocycles. The Hall–Kier alpha value is -2.66. The Morgan fingerprint density at radius 3 is 2.14 bits per heavy atom. The van der Waals surface area contributed by atoms with Crippen LogP contribution >= 0.6 is 11.6 Å². The molecule has 0 bridgehead atoms. The van der Waals surface area contributed by atoms with Crippen molar-refractivity contribution in [1.29, 1.82) is 0 Å². The molecule has 112 valence electrons. The van der Waals surface area contributed by atoms with E-state index in [9.17, 15) is 14.4 Å². The molecule has 5 nitrogen and oxygen atoms in total. The first-order chi connectivity index (χ1) is 10.6. The number of benzene rings is 2. The first kappa shape index (κ1) is 15.7. The van der Waals surface area contributed by atoms with Crippen LogP contribution in [0.1, 0.15) is 15.9 Å². The Balaban J connectivity index is 1.93. The minimum absolute atomic E-state index is 0.110. The van der Waals surface area contributed by atoms with Crippen LogP contribution in [-0.4, -0.2) is 17.2 Å². The van der Waals surface area contributed by atoms with E-state index in [1.54, 1.807) is 0 Å². The zero-order valence-electron chi connectivity index (χ0n) is 11.3. The van der Waals surface area contributed by atoms with E-state index >= 15 is 0 Å². The normalized spacial score (nSPS) is 9.86. The first-order valence-electron chi connectivity index (χ1n) is 6.29. The summed E-state index contributed by atoms with van der Waals surface area (Å²) in [6.45, 7) is 0.164. The Bertz CT molecular complexity index is 679. The van der Waals surface area contributed by atoms with E-state index in [1.165, 1.54) is 24.3 Å². The fourth-order valence-electron chi connectivity index (χ4n) is 1.61. The van der Waals surface area contributed by atoms with Crippen LogP contribution in [0.5, 0.6) is 5.75 Å². The second kappa shape index (κ2) is 7.38. The Labute approximate surface area is 131 Å². The molecular weight excluding hydrogens is 308 g/mol. The molecule has 0 aliphatic carbocycles. The fraction of sp³-hybridized carbons (Fsp3) is 0.0625. The van der Waals surface area contributed by atoms with Gasteiger partial charge in [-0.25, -0.2) is 9.59 Å². The highest BCUT2D eigenvalue weighted by molar-refractivity contribution is 6.80. The molecule has 2 aromatic rings. The van der Waals surface area contributed by atoms with Crippen molar-refractivity contribution >= 4 is 28.8 Å². The van der Waals surface area contributed by atoms with Crippen molar-refractivity contribution < 1.29 is 23.9 Å². The van der Waals surface area contributed by atoms with Gasteiger partial charge in [-0.15, -0.1) is 0 Å². The van der Waals surface area contributed by atoms with Crippen LogP contribution in [-0.2, 0) is 20.9 Å². The fourth-order valence-corrected chi connectivity index (χ4v) is 1.65. The zero-order chi connectivity index (χ0) is 15.9. The van der Waals surface area contributed by atoms with Crippen molar-refractivity contribution in [3.05, 3.63) is 65.7 Å². The van der Waals surface area contributed by atoms with Gasteiger partial charge in [-0.3, -0.25) is 4.79 Å². The van der Waals surface area contributed by atoms with Crippen LogP contribution in [0.15, 0.2) is 54.6 Å². The third-order valence-electron chi connectivity index (χ3n) is 2.67. The molecular formula is C16H11ClO5. The number of halogens is 1. The highest BCUT2D eigenvalue weighted by Crippen LogP contribution is 2.14. The highest BCUT2D eigenvalue weighted by Gasteiger charge is 2.13. The van der Waals surface area contributed by atoms with E-state index in [-0.39, 0.29) is 12.4 Å². The predicted molar refractivity (Wildman–Crippen MR) is 78.5 cm³/mol. The summed E-state index contributed by atoms with van der Waals surface area (Å²) in [7, 11) is 0. The van der Waals surface area contributed by atoms with E-state index in [2.05, 4.69) is 4.74 Å². The van der Waals surface area contributed by atoms with Gasteiger partial charge in [-0.1, -0.05) is 30.3 Å². The standard InChI is InChI=1S/C16H11ClO5/c17-14(18)16(20)22-13-8-6-12(7-9-13)15(19)21-10-11-4-2-1-3-5-11/h1-9H,10H2. The number of hydrogen-bond acceptors (Lipinski definition) is 5. The van der Waals surface area contributed by atoms with Gasteiger partial charge in [0.25, 0.3) is 0 Å². The number of carbonyl (C=O) groups excluding carboxylic acids is 3. The molecule has 0 spiro atoms. The number of rotatable bonds is 5. The van der Waals surface area contributed by atoms with Gasteiger partial charge < -0.3 is 9.47 Å². The van der Waals surface area contributed by atoms with E-state index < -0.39 is 17.2 Å². The van der Waals surface area contributed by atoms with E-state index in [0.717, 1.165) is 5.56 Å². The molecule has 0 saturated heterocycles. The van der Waals surface area contributed by atoms with Gasteiger partial charge in [0.15, 0.2) is 0 Å². The monoisotopic (exact) mass is 318 g/mol. The molecule has 0 fully saturated rings. The Kier molecular flexibility index (Phi) is 5.27.